The van der Waals surface area contributed by atoms with Crippen LogP contribution in [0.4, 0.5) is 5.13 Å². The van der Waals surface area contributed by atoms with Gasteiger partial charge in [0, 0.05) is 34.8 Å². The Balaban J connectivity index is 1.29. The number of rotatable bonds is 8. The van der Waals surface area contributed by atoms with E-state index in [9.17, 15) is 9.59 Å². The molecule has 3 aromatic rings. The number of carbonyl (C=O) groups is 2. The molecule has 2 N–H and O–H groups in total. The molecule has 2 amide bonds. The average Bonchev–Trinajstić information content (AvgIpc) is 3.41. The summed E-state index contributed by atoms with van der Waals surface area (Å²) in [5.41, 5.74) is 2.06. The third kappa shape index (κ3) is 6.00. The van der Waals surface area contributed by atoms with E-state index in [2.05, 4.69) is 36.4 Å². The number of benzene rings is 1. The summed E-state index contributed by atoms with van der Waals surface area (Å²) >= 11 is 1.33. The van der Waals surface area contributed by atoms with Gasteiger partial charge in [0.05, 0.1) is 37.6 Å². The van der Waals surface area contributed by atoms with Crippen LogP contribution in [0, 0.1) is 5.92 Å². The van der Waals surface area contributed by atoms with Crippen molar-refractivity contribution in [2.45, 2.75) is 26.3 Å². The van der Waals surface area contributed by atoms with E-state index >= 15 is 0 Å². The van der Waals surface area contributed by atoms with Gasteiger partial charge in [-0.2, -0.15) is 0 Å². The molecule has 8 nitrogen and oxygen atoms in total. The van der Waals surface area contributed by atoms with Crippen molar-refractivity contribution in [1.82, 2.24) is 14.9 Å². The minimum Gasteiger partial charge on any atom is -0.493 e. The molecule has 1 aromatic carbocycles. The van der Waals surface area contributed by atoms with Crippen molar-refractivity contribution < 1.29 is 19.1 Å². The lowest BCUT2D eigenvalue weighted by atomic mass is 10.1. The van der Waals surface area contributed by atoms with Crippen molar-refractivity contribution in [3.05, 3.63) is 53.7 Å². The van der Waals surface area contributed by atoms with E-state index in [0.717, 1.165) is 30.2 Å². The SMILES string of the molecule is CC(C)(C)n1ccc(C(=O)NCC(=O)Nc2nc(-c3cccc(OCC4COC4)c3)cs2)c1. The van der Waals surface area contributed by atoms with Crippen molar-refractivity contribution in [3.63, 3.8) is 0 Å². The molecule has 1 aliphatic heterocycles. The lowest BCUT2D eigenvalue weighted by Crippen LogP contribution is -2.32. The van der Waals surface area contributed by atoms with Crippen LogP contribution in [0.15, 0.2) is 48.1 Å². The van der Waals surface area contributed by atoms with Crippen LogP contribution in [-0.4, -0.2) is 47.7 Å². The predicted molar refractivity (Wildman–Crippen MR) is 128 cm³/mol. The Bertz CT molecular complexity index is 1130. The minimum atomic E-state index is -0.334. The Hall–Kier alpha value is -3.17. The fourth-order valence-corrected chi connectivity index (χ4v) is 3.91. The molecule has 2 aromatic heterocycles. The molecule has 1 fully saturated rings. The van der Waals surface area contributed by atoms with Crippen molar-refractivity contribution in [2.24, 2.45) is 5.92 Å². The second kappa shape index (κ2) is 9.76. The summed E-state index contributed by atoms with van der Waals surface area (Å²) in [4.78, 5) is 29.1. The molecule has 0 radical (unpaired) electrons. The van der Waals surface area contributed by atoms with E-state index in [1.54, 1.807) is 12.3 Å². The van der Waals surface area contributed by atoms with Crippen LogP contribution < -0.4 is 15.4 Å². The summed E-state index contributed by atoms with van der Waals surface area (Å²) in [6.07, 6.45) is 3.63. The third-order valence-corrected chi connectivity index (χ3v) is 5.97. The number of carbonyl (C=O) groups excluding carboxylic acids is 2. The maximum absolute atomic E-state index is 12.3. The molecule has 0 unspecified atom stereocenters. The molecule has 33 heavy (non-hydrogen) atoms. The number of hydrogen-bond donors (Lipinski definition) is 2. The Morgan fingerprint density at radius 2 is 2.09 bits per heavy atom. The standard InChI is InChI=1S/C24H28N4O4S/c1-24(2,3)28-8-7-18(11-28)22(30)25-10-21(29)27-23-26-20(15-33-23)17-5-4-6-19(9-17)32-14-16-12-31-13-16/h4-9,11,15-16H,10,12-14H2,1-3H3,(H,25,30)(H,26,27,29). The summed E-state index contributed by atoms with van der Waals surface area (Å²) in [6, 6.07) is 9.45. The maximum Gasteiger partial charge on any atom is 0.253 e. The Morgan fingerprint density at radius 1 is 1.27 bits per heavy atom. The Labute approximate surface area is 196 Å². The quantitative estimate of drug-likeness (QED) is 0.525. The van der Waals surface area contributed by atoms with Crippen molar-refractivity contribution in [1.29, 1.82) is 0 Å². The van der Waals surface area contributed by atoms with E-state index in [0.29, 0.717) is 23.2 Å². The molecule has 9 heteroatoms. The highest BCUT2D eigenvalue weighted by molar-refractivity contribution is 7.14. The van der Waals surface area contributed by atoms with Gasteiger partial charge < -0.3 is 24.7 Å². The second-order valence-electron chi connectivity index (χ2n) is 8.99. The van der Waals surface area contributed by atoms with Gasteiger partial charge in [-0.05, 0) is 39.0 Å². The smallest absolute Gasteiger partial charge is 0.253 e. The Morgan fingerprint density at radius 3 is 2.79 bits per heavy atom. The van der Waals surface area contributed by atoms with Crippen molar-refractivity contribution in [2.75, 3.05) is 31.7 Å². The number of hydrogen-bond acceptors (Lipinski definition) is 6. The van der Waals surface area contributed by atoms with Crippen LogP contribution >= 0.6 is 11.3 Å². The number of nitrogens with zero attached hydrogens (tertiary/aromatic N) is 2. The second-order valence-corrected chi connectivity index (χ2v) is 9.85. The highest BCUT2D eigenvalue weighted by Crippen LogP contribution is 2.28. The number of amides is 2. The molecule has 1 aliphatic rings. The van der Waals surface area contributed by atoms with Crippen LogP contribution in [0.2, 0.25) is 0 Å². The van der Waals surface area contributed by atoms with E-state index in [4.69, 9.17) is 9.47 Å². The van der Waals surface area contributed by atoms with Gasteiger partial charge in [0.1, 0.15) is 5.75 Å². The van der Waals surface area contributed by atoms with Gasteiger partial charge in [-0.15, -0.1) is 11.3 Å². The third-order valence-electron chi connectivity index (χ3n) is 5.21. The van der Waals surface area contributed by atoms with Gasteiger partial charge in [0.2, 0.25) is 5.91 Å². The molecule has 0 spiro atoms. The van der Waals surface area contributed by atoms with Crippen LogP contribution in [0.1, 0.15) is 31.1 Å². The van der Waals surface area contributed by atoms with E-state index in [1.165, 1.54) is 11.3 Å². The first-order valence-electron chi connectivity index (χ1n) is 10.8. The average molecular weight is 469 g/mol. The summed E-state index contributed by atoms with van der Waals surface area (Å²) in [5.74, 6) is 0.604. The number of ether oxygens (including phenoxy) is 2. The lowest BCUT2D eigenvalue weighted by Gasteiger charge is -2.25. The van der Waals surface area contributed by atoms with Gasteiger partial charge in [-0.1, -0.05) is 12.1 Å². The van der Waals surface area contributed by atoms with Crippen LogP contribution in [-0.2, 0) is 15.1 Å². The lowest BCUT2D eigenvalue weighted by molar-refractivity contribution is -0.115. The first-order valence-corrected chi connectivity index (χ1v) is 11.7. The molecule has 0 bridgehead atoms. The first-order chi connectivity index (χ1) is 15.8. The van der Waals surface area contributed by atoms with Crippen LogP contribution in [0.3, 0.4) is 0 Å². The number of thiazole rings is 1. The van der Waals surface area contributed by atoms with Gasteiger partial charge in [0.15, 0.2) is 5.13 Å². The number of anilines is 1. The molecular formula is C24H28N4O4S. The summed E-state index contributed by atoms with van der Waals surface area (Å²) in [5, 5.41) is 7.74. The maximum atomic E-state index is 12.3. The summed E-state index contributed by atoms with van der Waals surface area (Å²) in [7, 11) is 0. The zero-order valence-corrected chi connectivity index (χ0v) is 19.8. The highest BCUT2D eigenvalue weighted by atomic mass is 32.1. The first kappa shape index (κ1) is 23.0. The normalized spacial score (nSPS) is 13.9. The molecule has 0 aliphatic carbocycles. The topological polar surface area (TPSA) is 94.5 Å². The Kier molecular flexibility index (Phi) is 6.80. The molecule has 0 atom stereocenters. The zero-order chi connectivity index (χ0) is 23.4. The molecular weight excluding hydrogens is 440 g/mol. The van der Waals surface area contributed by atoms with E-state index in [1.807, 2.05) is 40.4 Å². The van der Waals surface area contributed by atoms with Gasteiger partial charge in [-0.3, -0.25) is 9.59 Å². The zero-order valence-electron chi connectivity index (χ0n) is 19.0. The fourth-order valence-electron chi connectivity index (χ4n) is 3.18. The van der Waals surface area contributed by atoms with E-state index < -0.39 is 0 Å². The monoisotopic (exact) mass is 468 g/mol. The van der Waals surface area contributed by atoms with E-state index in [-0.39, 0.29) is 23.9 Å². The van der Waals surface area contributed by atoms with Gasteiger partial charge >= 0.3 is 0 Å². The summed E-state index contributed by atoms with van der Waals surface area (Å²) in [6.45, 7) is 8.16. The van der Waals surface area contributed by atoms with Crippen molar-refractivity contribution >= 4 is 28.3 Å². The van der Waals surface area contributed by atoms with Gasteiger partial charge in [-0.25, -0.2) is 4.98 Å². The van der Waals surface area contributed by atoms with Gasteiger partial charge in [0.25, 0.3) is 5.91 Å². The number of aromatic nitrogens is 2. The van der Waals surface area contributed by atoms with Crippen LogP contribution in [0.5, 0.6) is 5.75 Å². The highest BCUT2D eigenvalue weighted by Gasteiger charge is 2.19. The summed E-state index contributed by atoms with van der Waals surface area (Å²) < 4.78 is 13.0. The molecule has 0 saturated carbocycles. The largest absolute Gasteiger partial charge is 0.493 e. The number of nitrogens with one attached hydrogen (secondary N) is 2. The molecule has 4 rings (SSSR count). The molecule has 1 saturated heterocycles. The molecule has 174 valence electrons. The van der Waals surface area contributed by atoms with Crippen molar-refractivity contribution in [3.8, 4) is 17.0 Å². The van der Waals surface area contributed by atoms with Crippen LogP contribution in [0.25, 0.3) is 11.3 Å². The fraction of sp³-hybridized carbons (Fsp3) is 0.375. The molecule has 3 heterocycles. The minimum absolute atomic E-state index is 0.115. The predicted octanol–water partition coefficient (Wildman–Crippen LogP) is 3.76.